The molecule has 1 saturated heterocycles. The predicted octanol–water partition coefficient (Wildman–Crippen LogP) is 3.46. The number of carbonyl (C=O) groups excluding carboxylic acids is 1. The molecule has 0 bridgehead atoms. The van der Waals surface area contributed by atoms with E-state index in [9.17, 15) is 4.79 Å². The second-order valence-electron chi connectivity index (χ2n) is 6.64. The summed E-state index contributed by atoms with van der Waals surface area (Å²) in [6.45, 7) is 7.11. The Balaban J connectivity index is 1.96. The zero-order valence-corrected chi connectivity index (χ0v) is 13.4. The summed E-state index contributed by atoms with van der Waals surface area (Å²) in [7, 11) is 0. The van der Waals surface area contributed by atoms with Crippen LogP contribution < -0.4 is 5.32 Å². The summed E-state index contributed by atoms with van der Waals surface area (Å²) in [5, 5.41) is 3.71. The van der Waals surface area contributed by atoms with Crippen LogP contribution in [0.15, 0.2) is 18.2 Å². The van der Waals surface area contributed by atoms with Gasteiger partial charge in [0.05, 0.1) is 5.54 Å². The third-order valence-corrected chi connectivity index (χ3v) is 5.16. The second-order valence-corrected chi connectivity index (χ2v) is 6.64. The van der Waals surface area contributed by atoms with E-state index in [1.807, 2.05) is 4.90 Å². The molecule has 1 saturated carbocycles. The Labute approximate surface area is 127 Å². The average molecular weight is 286 g/mol. The van der Waals surface area contributed by atoms with Crippen LogP contribution in [-0.2, 0) is 4.79 Å². The van der Waals surface area contributed by atoms with E-state index < -0.39 is 0 Å². The van der Waals surface area contributed by atoms with Crippen LogP contribution >= 0.6 is 0 Å². The van der Waals surface area contributed by atoms with Gasteiger partial charge in [0.25, 0.3) is 0 Å². The van der Waals surface area contributed by atoms with Crippen molar-refractivity contribution in [3.05, 3.63) is 34.9 Å². The molecule has 2 aliphatic rings. The maximum absolute atomic E-state index is 12.9. The van der Waals surface area contributed by atoms with Gasteiger partial charge in [-0.25, -0.2) is 0 Å². The van der Waals surface area contributed by atoms with Crippen molar-refractivity contribution in [2.24, 2.45) is 0 Å². The second kappa shape index (κ2) is 5.45. The lowest BCUT2D eigenvalue weighted by Crippen LogP contribution is -2.48. The Kier molecular flexibility index (Phi) is 3.78. The van der Waals surface area contributed by atoms with Crippen LogP contribution in [0, 0.1) is 13.8 Å². The van der Waals surface area contributed by atoms with Gasteiger partial charge in [0.2, 0.25) is 5.91 Å². The molecule has 21 heavy (non-hydrogen) atoms. The summed E-state index contributed by atoms with van der Waals surface area (Å²) in [5.41, 5.74) is 3.50. The van der Waals surface area contributed by atoms with Gasteiger partial charge in [-0.15, -0.1) is 0 Å². The molecule has 1 aliphatic heterocycles. The Morgan fingerprint density at radius 3 is 2.57 bits per heavy atom. The van der Waals surface area contributed by atoms with Crippen molar-refractivity contribution in [3.63, 3.8) is 0 Å². The largest absolute Gasteiger partial charge is 0.322 e. The van der Waals surface area contributed by atoms with E-state index in [4.69, 9.17) is 0 Å². The molecule has 0 aromatic heterocycles. The molecule has 1 aromatic rings. The molecule has 114 valence electrons. The number of carbonyl (C=O) groups is 1. The van der Waals surface area contributed by atoms with Crippen LogP contribution in [0.5, 0.6) is 0 Å². The molecule has 3 heteroatoms. The lowest BCUT2D eigenvalue weighted by Gasteiger charge is -2.31. The number of benzene rings is 1. The SMILES string of the molecule is CCN1C(=O)C2(CCCCC2)N[C@H]1c1ccc(C)cc1C. The maximum Gasteiger partial charge on any atom is 0.244 e. The van der Waals surface area contributed by atoms with Crippen LogP contribution in [0.4, 0.5) is 0 Å². The lowest BCUT2D eigenvalue weighted by atomic mass is 9.81. The molecule has 1 atom stereocenters. The number of hydrogen-bond acceptors (Lipinski definition) is 2. The number of nitrogens with zero attached hydrogens (tertiary/aromatic N) is 1. The third-order valence-electron chi connectivity index (χ3n) is 5.16. The van der Waals surface area contributed by atoms with Gasteiger partial charge in [-0.2, -0.15) is 0 Å². The first kappa shape index (κ1) is 14.6. The van der Waals surface area contributed by atoms with Crippen molar-refractivity contribution < 1.29 is 4.79 Å². The minimum atomic E-state index is -0.295. The topological polar surface area (TPSA) is 32.3 Å². The zero-order valence-electron chi connectivity index (χ0n) is 13.4. The lowest BCUT2D eigenvalue weighted by molar-refractivity contribution is -0.134. The fourth-order valence-corrected chi connectivity index (χ4v) is 4.01. The van der Waals surface area contributed by atoms with Gasteiger partial charge in [-0.1, -0.05) is 43.0 Å². The molecule has 1 aliphatic carbocycles. The molecule has 3 rings (SSSR count). The van der Waals surface area contributed by atoms with Crippen LogP contribution in [0.2, 0.25) is 0 Å². The van der Waals surface area contributed by atoms with Crippen LogP contribution in [-0.4, -0.2) is 22.9 Å². The standard InChI is InChI=1S/C18H26N2O/c1-4-20-16(15-9-8-13(2)12-14(15)3)19-18(17(20)21)10-6-5-7-11-18/h8-9,12,16,19H,4-7,10-11H2,1-3H3/t16-/m1/s1. The number of rotatable bonds is 2. The van der Waals surface area contributed by atoms with Crippen LogP contribution in [0.1, 0.15) is 61.9 Å². The highest BCUT2D eigenvalue weighted by atomic mass is 16.2. The maximum atomic E-state index is 12.9. The molecule has 1 heterocycles. The first-order valence-electron chi connectivity index (χ1n) is 8.23. The van der Waals surface area contributed by atoms with Crippen molar-refractivity contribution in [2.45, 2.75) is 64.6 Å². The molecule has 1 aromatic carbocycles. The normalized spacial score (nSPS) is 24.8. The Hall–Kier alpha value is -1.35. The monoisotopic (exact) mass is 286 g/mol. The van der Waals surface area contributed by atoms with Crippen molar-refractivity contribution in [2.75, 3.05) is 6.54 Å². The van der Waals surface area contributed by atoms with Gasteiger partial charge in [-0.05, 0) is 44.7 Å². The summed E-state index contributed by atoms with van der Waals surface area (Å²) in [5.74, 6) is 0.315. The van der Waals surface area contributed by atoms with Crippen molar-refractivity contribution in [1.29, 1.82) is 0 Å². The minimum Gasteiger partial charge on any atom is -0.322 e. The highest BCUT2D eigenvalue weighted by molar-refractivity contribution is 5.89. The van der Waals surface area contributed by atoms with Crippen molar-refractivity contribution in [3.8, 4) is 0 Å². The molecule has 0 unspecified atom stereocenters. The molecule has 3 nitrogen and oxygen atoms in total. The van der Waals surface area contributed by atoms with Gasteiger partial charge in [0.1, 0.15) is 6.17 Å². The van der Waals surface area contributed by atoms with Crippen molar-refractivity contribution in [1.82, 2.24) is 10.2 Å². The number of hydrogen-bond donors (Lipinski definition) is 1. The molecule has 1 N–H and O–H groups in total. The molecule has 1 amide bonds. The first-order chi connectivity index (χ1) is 10.1. The number of nitrogens with one attached hydrogen (secondary N) is 1. The van der Waals surface area contributed by atoms with E-state index >= 15 is 0 Å². The van der Waals surface area contributed by atoms with E-state index in [2.05, 4.69) is 44.3 Å². The Bertz CT molecular complexity index is 546. The predicted molar refractivity (Wildman–Crippen MR) is 85.0 cm³/mol. The van der Waals surface area contributed by atoms with Gasteiger partial charge in [0.15, 0.2) is 0 Å². The molecular formula is C18H26N2O. The van der Waals surface area contributed by atoms with Gasteiger partial charge in [0, 0.05) is 6.54 Å². The molecular weight excluding hydrogens is 260 g/mol. The summed E-state index contributed by atoms with van der Waals surface area (Å²) >= 11 is 0. The highest BCUT2D eigenvalue weighted by Crippen LogP contribution is 2.40. The summed E-state index contributed by atoms with van der Waals surface area (Å²) < 4.78 is 0. The number of aryl methyl sites for hydroxylation is 2. The summed E-state index contributed by atoms with van der Waals surface area (Å²) in [4.78, 5) is 15.0. The number of likely N-dealkylation sites (N-methyl/N-ethyl adjacent to an activating group) is 1. The van der Waals surface area contributed by atoms with Gasteiger partial charge < -0.3 is 4.90 Å². The Morgan fingerprint density at radius 1 is 1.24 bits per heavy atom. The fraction of sp³-hybridized carbons (Fsp3) is 0.611. The van der Waals surface area contributed by atoms with E-state index in [1.165, 1.54) is 23.1 Å². The quantitative estimate of drug-likeness (QED) is 0.903. The van der Waals surface area contributed by atoms with Crippen molar-refractivity contribution >= 4 is 5.91 Å². The van der Waals surface area contributed by atoms with E-state index in [-0.39, 0.29) is 11.7 Å². The number of amides is 1. The van der Waals surface area contributed by atoms with Crippen LogP contribution in [0.25, 0.3) is 0 Å². The molecule has 1 spiro atoms. The summed E-state index contributed by atoms with van der Waals surface area (Å²) in [6, 6.07) is 6.54. The highest BCUT2D eigenvalue weighted by Gasteiger charge is 2.51. The van der Waals surface area contributed by atoms with E-state index in [0.29, 0.717) is 5.91 Å². The molecule has 2 fully saturated rings. The van der Waals surface area contributed by atoms with Gasteiger partial charge in [-0.3, -0.25) is 10.1 Å². The Morgan fingerprint density at radius 2 is 1.95 bits per heavy atom. The fourth-order valence-electron chi connectivity index (χ4n) is 4.01. The first-order valence-corrected chi connectivity index (χ1v) is 8.23. The van der Waals surface area contributed by atoms with E-state index in [0.717, 1.165) is 32.2 Å². The third kappa shape index (κ3) is 2.38. The molecule has 0 radical (unpaired) electrons. The minimum absolute atomic E-state index is 0.0428. The summed E-state index contributed by atoms with van der Waals surface area (Å²) in [6.07, 6.45) is 5.61. The smallest absolute Gasteiger partial charge is 0.244 e. The van der Waals surface area contributed by atoms with Crippen LogP contribution in [0.3, 0.4) is 0 Å². The zero-order chi connectivity index (χ0) is 15.0. The van der Waals surface area contributed by atoms with E-state index in [1.54, 1.807) is 0 Å². The van der Waals surface area contributed by atoms with Gasteiger partial charge >= 0.3 is 0 Å². The average Bonchev–Trinajstić information content (AvgIpc) is 2.72.